The molecule has 0 saturated carbocycles. The van der Waals surface area contributed by atoms with Gasteiger partial charge in [-0.3, -0.25) is 8.75 Å². The van der Waals surface area contributed by atoms with Crippen molar-refractivity contribution in [2.24, 2.45) is 5.92 Å². The van der Waals surface area contributed by atoms with E-state index in [0.29, 0.717) is 6.54 Å². The van der Waals surface area contributed by atoms with Gasteiger partial charge < -0.3 is 0 Å². The van der Waals surface area contributed by atoms with Crippen LogP contribution in [0.25, 0.3) is 10.1 Å². The SMILES string of the molecule is CC(C#N)Cn1sc2ccccc2c1=O. The first-order chi connectivity index (χ1) is 7.22. The highest BCUT2D eigenvalue weighted by atomic mass is 32.1. The molecule has 1 aromatic heterocycles. The minimum absolute atomic E-state index is 0.0118. The number of nitrogens with zero attached hydrogens (tertiary/aromatic N) is 2. The number of aromatic nitrogens is 1. The average Bonchev–Trinajstić information content (AvgIpc) is 2.57. The molecule has 0 amide bonds. The summed E-state index contributed by atoms with van der Waals surface area (Å²) in [6.45, 7) is 2.30. The molecule has 0 bridgehead atoms. The molecule has 2 aromatic rings. The Balaban J connectivity index is 2.50. The van der Waals surface area contributed by atoms with Gasteiger partial charge >= 0.3 is 0 Å². The largest absolute Gasteiger partial charge is 0.268 e. The third-order valence-electron chi connectivity index (χ3n) is 2.21. The van der Waals surface area contributed by atoms with E-state index in [2.05, 4.69) is 6.07 Å². The van der Waals surface area contributed by atoms with E-state index in [-0.39, 0.29) is 11.5 Å². The Morgan fingerprint density at radius 2 is 2.27 bits per heavy atom. The minimum Gasteiger partial charge on any atom is -0.268 e. The molecule has 2 rings (SSSR count). The Morgan fingerprint density at radius 1 is 1.53 bits per heavy atom. The van der Waals surface area contributed by atoms with E-state index in [4.69, 9.17) is 5.26 Å². The number of rotatable bonds is 2. The molecule has 76 valence electrons. The molecular weight excluding hydrogens is 208 g/mol. The van der Waals surface area contributed by atoms with Gasteiger partial charge in [0.1, 0.15) is 0 Å². The average molecular weight is 218 g/mol. The van der Waals surface area contributed by atoms with Crippen molar-refractivity contribution in [2.75, 3.05) is 0 Å². The number of fused-ring (bicyclic) bond motifs is 1. The topological polar surface area (TPSA) is 45.8 Å². The molecule has 4 heteroatoms. The van der Waals surface area contributed by atoms with Crippen LogP contribution in [0.5, 0.6) is 0 Å². The summed E-state index contributed by atoms with van der Waals surface area (Å²) in [5, 5.41) is 9.44. The summed E-state index contributed by atoms with van der Waals surface area (Å²) in [5.41, 5.74) is 0.0118. The van der Waals surface area contributed by atoms with Crippen molar-refractivity contribution < 1.29 is 0 Å². The molecule has 0 aliphatic heterocycles. The predicted molar refractivity (Wildman–Crippen MR) is 60.9 cm³/mol. The normalized spacial score (nSPS) is 12.5. The van der Waals surface area contributed by atoms with Crippen LogP contribution in [-0.4, -0.2) is 3.96 Å². The first kappa shape index (κ1) is 9.94. The molecule has 15 heavy (non-hydrogen) atoms. The molecule has 0 aliphatic carbocycles. The number of benzene rings is 1. The van der Waals surface area contributed by atoms with Crippen molar-refractivity contribution in [2.45, 2.75) is 13.5 Å². The zero-order valence-electron chi connectivity index (χ0n) is 8.30. The summed E-state index contributed by atoms with van der Waals surface area (Å²) in [7, 11) is 0. The maximum Gasteiger partial charge on any atom is 0.268 e. The van der Waals surface area contributed by atoms with Crippen molar-refractivity contribution in [3.63, 3.8) is 0 Å². The molecule has 1 unspecified atom stereocenters. The first-order valence-electron chi connectivity index (χ1n) is 4.71. The molecule has 0 saturated heterocycles. The van der Waals surface area contributed by atoms with Crippen LogP contribution in [0.2, 0.25) is 0 Å². The summed E-state index contributed by atoms with van der Waals surface area (Å²) < 4.78 is 2.63. The van der Waals surface area contributed by atoms with Gasteiger partial charge in [0, 0.05) is 0 Å². The monoisotopic (exact) mass is 218 g/mol. The van der Waals surface area contributed by atoms with Crippen LogP contribution in [0.1, 0.15) is 6.92 Å². The van der Waals surface area contributed by atoms with Gasteiger partial charge in [0.15, 0.2) is 0 Å². The Hall–Kier alpha value is -1.60. The van der Waals surface area contributed by atoms with Crippen molar-refractivity contribution >= 4 is 21.6 Å². The van der Waals surface area contributed by atoms with Gasteiger partial charge in [0.2, 0.25) is 0 Å². The summed E-state index contributed by atoms with van der Waals surface area (Å²) in [5.74, 6) is -0.129. The minimum atomic E-state index is -0.129. The standard InChI is InChI=1S/C11H10N2OS/c1-8(6-12)7-13-11(14)9-4-2-3-5-10(9)15-13/h2-5,8H,7H2,1H3. The number of hydrogen-bond donors (Lipinski definition) is 0. The zero-order valence-corrected chi connectivity index (χ0v) is 9.12. The molecule has 0 fully saturated rings. The van der Waals surface area contributed by atoms with Crippen molar-refractivity contribution in [3.8, 4) is 6.07 Å². The molecule has 1 aromatic carbocycles. The zero-order chi connectivity index (χ0) is 10.8. The summed E-state index contributed by atoms with van der Waals surface area (Å²) in [6, 6.07) is 9.65. The third kappa shape index (κ3) is 1.79. The molecule has 0 aliphatic rings. The quantitative estimate of drug-likeness (QED) is 0.775. The van der Waals surface area contributed by atoms with Crippen molar-refractivity contribution in [1.29, 1.82) is 5.26 Å². The number of nitriles is 1. The molecule has 0 spiro atoms. The Morgan fingerprint density at radius 3 is 2.93 bits per heavy atom. The Bertz CT molecular complexity index is 576. The molecule has 1 heterocycles. The molecule has 0 N–H and O–H groups in total. The maximum atomic E-state index is 11.8. The fraction of sp³-hybridized carbons (Fsp3) is 0.273. The van der Waals surface area contributed by atoms with Gasteiger partial charge in [-0.05, 0) is 19.1 Å². The lowest BCUT2D eigenvalue weighted by Gasteiger charge is -1.99. The van der Waals surface area contributed by atoms with Crippen LogP contribution >= 0.6 is 11.5 Å². The van der Waals surface area contributed by atoms with Crippen LogP contribution in [0.4, 0.5) is 0 Å². The van der Waals surface area contributed by atoms with Gasteiger partial charge in [-0.1, -0.05) is 23.7 Å². The summed E-state index contributed by atoms with van der Waals surface area (Å²) in [4.78, 5) is 11.8. The maximum absolute atomic E-state index is 11.8. The second-order valence-corrected chi connectivity index (χ2v) is 4.55. The van der Waals surface area contributed by atoms with Gasteiger partial charge in [0.25, 0.3) is 5.56 Å². The van der Waals surface area contributed by atoms with Crippen LogP contribution in [0.15, 0.2) is 29.1 Å². The first-order valence-corrected chi connectivity index (χ1v) is 5.48. The predicted octanol–water partition coefficient (Wildman–Crippen LogP) is 2.22. The van der Waals surface area contributed by atoms with Crippen LogP contribution < -0.4 is 5.56 Å². The van der Waals surface area contributed by atoms with Gasteiger partial charge in [-0.25, -0.2) is 0 Å². The Labute approximate surface area is 91.3 Å². The summed E-state index contributed by atoms with van der Waals surface area (Å²) in [6.07, 6.45) is 0. The lowest BCUT2D eigenvalue weighted by molar-refractivity contribution is 0.605. The highest BCUT2D eigenvalue weighted by molar-refractivity contribution is 7.13. The van der Waals surface area contributed by atoms with E-state index in [1.807, 2.05) is 31.2 Å². The van der Waals surface area contributed by atoms with Gasteiger partial charge in [-0.15, -0.1) is 0 Å². The van der Waals surface area contributed by atoms with E-state index in [0.717, 1.165) is 10.1 Å². The fourth-order valence-corrected chi connectivity index (χ4v) is 2.54. The van der Waals surface area contributed by atoms with E-state index in [1.54, 1.807) is 3.96 Å². The van der Waals surface area contributed by atoms with Crippen molar-refractivity contribution in [1.82, 2.24) is 3.96 Å². The van der Waals surface area contributed by atoms with Crippen LogP contribution in [0.3, 0.4) is 0 Å². The molecular formula is C11H10N2OS. The lowest BCUT2D eigenvalue weighted by Crippen LogP contribution is -2.16. The van der Waals surface area contributed by atoms with Crippen molar-refractivity contribution in [3.05, 3.63) is 34.6 Å². The fourth-order valence-electron chi connectivity index (χ4n) is 1.43. The van der Waals surface area contributed by atoms with E-state index >= 15 is 0 Å². The molecule has 0 radical (unpaired) electrons. The highest BCUT2D eigenvalue weighted by Crippen LogP contribution is 2.16. The Kier molecular flexibility index (Phi) is 2.57. The second-order valence-electron chi connectivity index (χ2n) is 3.48. The summed E-state index contributed by atoms with van der Waals surface area (Å²) >= 11 is 1.42. The second kappa shape index (κ2) is 3.87. The highest BCUT2D eigenvalue weighted by Gasteiger charge is 2.09. The van der Waals surface area contributed by atoms with E-state index in [1.165, 1.54) is 11.5 Å². The number of hydrogen-bond acceptors (Lipinski definition) is 3. The van der Waals surface area contributed by atoms with E-state index in [9.17, 15) is 4.79 Å². The van der Waals surface area contributed by atoms with Gasteiger partial charge in [-0.2, -0.15) is 5.26 Å². The third-order valence-corrected chi connectivity index (χ3v) is 3.30. The smallest absolute Gasteiger partial charge is 0.268 e. The van der Waals surface area contributed by atoms with Crippen LogP contribution in [0, 0.1) is 17.2 Å². The molecule has 3 nitrogen and oxygen atoms in total. The molecule has 1 atom stereocenters. The van der Waals surface area contributed by atoms with E-state index < -0.39 is 0 Å². The van der Waals surface area contributed by atoms with Crippen LogP contribution in [-0.2, 0) is 6.54 Å². The van der Waals surface area contributed by atoms with Gasteiger partial charge in [0.05, 0.1) is 28.6 Å². The lowest BCUT2D eigenvalue weighted by atomic mass is 10.2.